The number of nitrogens with zero attached hydrogens (tertiary/aromatic N) is 1. The van der Waals surface area contributed by atoms with E-state index in [0.717, 1.165) is 0 Å². The van der Waals surface area contributed by atoms with E-state index in [2.05, 4.69) is 33.8 Å². The van der Waals surface area contributed by atoms with Crippen LogP contribution in [0.25, 0.3) is 0 Å². The molecular weight excluding hydrogens is 226 g/mol. The third-order valence-electron chi connectivity index (χ3n) is 2.85. The van der Waals surface area contributed by atoms with Crippen molar-refractivity contribution in [2.75, 3.05) is 14.1 Å². The van der Waals surface area contributed by atoms with Crippen molar-refractivity contribution >= 4 is 6.09 Å². The zero-order chi connectivity index (χ0) is 13.9. The lowest BCUT2D eigenvalue weighted by Crippen LogP contribution is -2.25. The first-order valence-electron chi connectivity index (χ1n) is 6.35. The SMILES string of the molecule is CC(C)c1cc(OC(=O)N(C)C)cc(C(C)C)c1. The molecule has 0 atom stereocenters. The molecule has 0 bridgehead atoms. The molecule has 0 N–H and O–H groups in total. The summed E-state index contributed by atoms with van der Waals surface area (Å²) in [6.07, 6.45) is -0.342. The van der Waals surface area contributed by atoms with Crippen LogP contribution in [0.5, 0.6) is 5.75 Å². The van der Waals surface area contributed by atoms with E-state index >= 15 is 0 Å². The maximum Gasteiger partial charge on any atom is 0.414 e. The molecule has 0 saturated heterocycles. The lowest BCUT2D eigenvalue weighted by Gasteiger charge is -2.16. The van der Waals surface area contributed by atoms with Gasteiger partial charge in [-0.25, -0.2) is 4.79 Å². The van der Waals surface area contributed by atoms with Crippen LogP contribution < -0.4 is 4.74 Å². The maximum absolute atomic E-state index is 11.6. The lowest BCUT2D eigenvalue weighted by atomic mass is 9.95. The number of rotatable bonds is 3. The van der Waals surface area contributed by atoms with Crippen molar-refractivity contribution in [1.29, 1.82) is 0 Å². The highest BCUT2D eigenvalue weighted by molar-refractivity contribution is 5.70. The van der Waals surface area contributed by atoms with E-state index in [1.807, 2.05) is 12.1 Å². The Morgan fingerprint density at radius 2 is 1.44 bits per heavy atom. The van der Waals surface area contributed by atoms with Crippen molar-refractivity contribution in [2.24, 2.45) is 0 Å². The zero-order valence-corrected chi connectivity index (χ0v) is 12.2. The fraction of sp³-hybridized carbons (Fsp3) is 0.533. The third kappa shape index (κ3) is 3.76. The number of hydrogen-bond donors (Lipinski definition) is 0. The highest BCUT2D eigenvalue weighted by Gasteiger charge is 2.11. The van der Waals surface area contributed by atoms with Gasteiger partial charge in [0.15, 0.2) is 0 Å². The average molecular weight is 249 g/mol. The Morgan fingerprint density at radius 3 is 1.78 bits per heavy atom. The number of carbonyl (C=O) groups is 1. The molecular formula is C15H23NO2. The zero-order valence-electron chi connectivity index (χ0n) is 12.2. The Hall–Kier alpha value is -1.51. The summed E-state index contributed by atoms with van der Waals surface area (Å²) in [5.41, 5.74) is 2.39. The molecule has 100 valence electrons. The molecule has 3 nitrogen and oxygen atoms in total. The standard InChI is InChI=1S/C15H23NO2/c1-10(2)12-7-13(11(3)4)9-14(8-12)18-15(17)16(5)6/h7-11H,1-6H3. The van der Waals surface area contributed by atoms with E-state index in [1.54, 1.807) is 14.1 Å². The van der Waals surface area contributed by atoms with Crippen molar-refractivity contribution < 1.29 is 9.53 Å². The second kappa shape index (κ2) is 5.89. The van der Waals surface area contributed by atoms with Crippen LogP contribution in [0.4, 0.5) is 4.79 Å². The largest absolute Gasteiger partial charge is 0.414 e. The summed E-state index contributed by atoms with van der Waals surface area (Å²) >= 11 is 0. The normalized spacial score (nSPS) is 10.9. The average Bonchev–Trinajstić information content (AvgIpc) is 2.28. The third-order valence-corrected chi connectivity index (χ3v) is 2.85. The molecule has 0 aliphatic carbocycles. The number of carbonyl (C=O) groups excluding carboxylic acids is 1. The molecule has 1 aromatic carbocycles. The molecule has 0 fully saturated rings. The van der Waals surface area contributed by atoms with Gasteiger partial charge in [-0.2, -0.15) is 0 Å². The van der Waals surface area contributed by atoms with Crippen molar-refractivity contribution in [2.45, 2.75) is 39.5 Å². The highest BCUT2D eigenvalue weighted by atomic mass is 16.6. The molecule has 1 aromatic rings. The first-order chi connectivity index (χ1) is 8.31. The van der Waals surface area contributed by atoms with Crippen molar-refractivity contribution in [1.82, 2.24) is 4.90 Å². The van der Waals surface area contributed by atoms with Gasteiger partial charge in [0.1, 0.15) is 5.75 Å². The summed E-state index contributed by atoms with van der Waals surface area (Å²) in [5, 5.41) is 0. The smallest absolute Gasteiger partial charge is 0.410 e. The second-order valence-corrected chi connectivity index (χ2v) is 5.41. The minimum Gasteiger partial charge on any atom is -0.410 e. The van der Waals surface area contributed by atoms with Crippen LogP contribution in [0.15, 0.2) is 18.2 Å². The van der Waals surface area contributed by atoms with Crippen LogP contribution in [-0.4, -0.2) is 25.1 Å². The molecule has 3 heteroatoms. The first kappa shape index (κ1) is 14.6. The molecule has 0 unspecified atom stereocenters. The van der Waals surface area contributed by atoms with Crippen LogP contribution in [0.2, 0.25) is 0 Å². The van der Waals surface area contributed by atoms with Crippen LogP contribution in [0.1, 0.15) is 50.7 Å². The van der Waals surface area contributed by atoms with E-state index in [1.165, 1.54) is 16.0 Å². The summed E-state index contributed by atoms with van der Waals surface area (Å²) < 4.78 is 5.34. The predicted octanol–water partition coefficient (Wildman–Crippen LogP) is 3.99. The van der Waals surface area contributed by atoms with E-state index < -0.39 is 0 Å². The van der Waals surface area contributed by atoms with E-state index in [9.17, 15) is 4.79 Å². The monoisotopic (exact) mass is 249 g/mol. The molecule has 0 radical (unpaired) electrons. The Labute approximate surface area is 110 Å². The van der Waals surface area contributed by atoms with Crippen LogP contribution in [0, 0.1) is 0 Å². The molecule has 0 spiro atoms. The maximum atomic E-state index is 11.6. The topological polar surface area (TPSA) is 29.5 Å². The van der Waals surface area contributed by atoms with Gasteiger partial charge >= 0.3 is 6.09 Å². The van der Waals surface area contributed by atoms with Crippen LogP contribution in [0.3, 0.4) is 0 Å². The van der Waals surface area contributed by atoms with Gasteiger partial charge in [0.2, 0.25) is 0 Å². The van der Waals surface area contributed by atoms with Gasteiger partial charge in [-0.3, -0.25) is 0 Å². The first-order valence-corrected chi connectivity index (χ1v) is 6.35. The predicted molar refractivity (Wildman–Crippen MR) is 74.3 cm³/mol. The summed E-state index contributed by atoms with van der Waals surface area (Å²) in [7, 11) is 3.36. The number of hydrogen-bond acceptors (Lipinski definition) is 2. The van der Waals surface area contributed by atoms with Gasteiger partial charge in [0.25, 0.3) is 0 Å². The molecule has 0 aliphatic heterocycles. The molecule has 0 heterocycles. The van der Waals surface area contributed by atoms with Gasteiger partial charge < -0.3 is 9.64 Å². The molecule has 0 aromatic heterocycles. The van der Waals surface area contributed by atoms with Crippen molar-refractivity contribution in [3.8, 4) is 5.75 Å². The van der Waals surface area contributed by atoms with Crippen LogP contribution in [-0.2, 0) is 0 Å². The van der Waals surface area contributed by atoms with Crippen LogP contribution >= 0.6 is 0 Å². The summed E-state index contributed by atoms with van der Waals surface area (Å²) in [5.74, 6) is 1.46. The van der Waals surface area contributed by atoms with Gasteiger partial charge in [-0.1, -0.05) is 33.8 Å². The fourth-order valence-electron chi connectivity index (χ4n) is 1.56. The van der Waals surface area contributed by atoms with Gasteiger partial charge in [0.05, 0.1) is 0 Å². The molecule has 1 rings (SSSR count). The summed E-state index contributed by atoms with van der Waals surface area (Å²) in [6, 6.07) is 6.07. The van der Waals surface area contributed by atoms with Crippen molar-refractivity contribution in [3.05, 3.63) is 29.3 Å². The molecule has 18 heavy (non-hydrogen) atoms. The highest BCUT2D eigenvalue weighted by Crippen LogP contribution is 2.27. The number of amides is 1. The molecule has 0 aliphatic rings. The Bertz CT molecular complexity index is 396. The summed E-state index contributed by atoms with van der Waals surface area (Å²) in [4.78, 5) is 13.0. The van der Waals surface area contributed by atoms with E-state index in [-0.39, 0.29) is 6.09 Å². The summed E-state index contributed by atoms with van der Waals surface area (Å²) in [6.45, 7) is 8.54. The lowest BCUT2D eigenvalue weighted by molar-refractivity contribution is 0.172. The molecule has 0 saturated carbocycles. The van der Waals surface area contributed by atoms with Crippen molar-refractivity contribution in [3.63, 3.8) is 0 Å². The Kier molecular flexibility index (Phi) is 4.76. The minimum absolute atomic E-state index is 0.342. The second-order valence-electron chi connectivity index (χ2n) is 5.41. The number of ether oxygens (including phenoxy) is 1. The van der Waals surface area contributed by atoms with E-state index in [0.29, 0.717) is 17.6 Å². The Balaban J connectivity index is 3.07. The van der Waals surface area contributed by atoms with Gasteiger partial charge in [0, 0.05) is 14.1 Å². The minimum atomic E-state index is -0.342. The van der Waals surface area contributed by atoms with Gasteiger partial charge in [-0.05, 0) is 35.1 Å². The quantitative estimate of drug-likeness (QED) is 0.810. The molecule has 1 amide bonds. The fourth-order valence-corrected chi connectivity index (χ4v) is 1.56. The number of benzene rings is 1. The Morgan fingerprint density at radius 1 is 1.00 bits per heavy atom. The van der Waals surface area contributed by atoms with E-state index in [4.69, 9.17) is 4.74 Å². The van der Waals surface area contributed by atoms with Gasteiger partial charge in [-0.15, -0.1) is 0 Å².